The molecule has 0 aromatic rings. The summed E-state index contributed by atoms with van der Waals surface area (Å²) in [6.07, 6.45) is 31.3. The molecule has 2 heterocycles. The second-order valence-corrected chi connectivity index (χ2v) is 34.6. The molecule has 18 atom stereocenters. The maximum absolute atomic E-state index is 14.9. The lowest BCUT2D eigenvalue weighted by molar-refractivity contribution is -0.360. The molecule has 1 aliphatic carbocycles. The number of hydrogen-bond acceptors (Lipinski definition) is 24. The summed E-state index contributed by atoms with van der Waals surface area (Å²) in [7, 11) is -5.81. The zero-order valence-electron chi connectivity index (χ0n) is 72.7. The minimum absolute atomic E-state index is 0.00789. The van der Waals surface area contributed by atoms with Crippen molar-refractivity contribution in [2.24, 2.45) is 0 Å². The fourth-order valence-electron chi connectivity index (χ4n) is 15.1. The molecule has 117 heavy (non-hydrogen) atoms. The highest BCUT2D eigenvalue weighted by molar-refractivity contribution is 7.47. The molecule has 0 bridgehead atoms. The molecule has 3 fully saturated rings. The normalized spacial score (nSPS) is 25.2. The van der Waals surface area contributed by atoms with Crippen molar-refractivity contribution in [3.8, 4) is 0 Å². The van der Waals surface area contributed by atoms with Crippen molar-refractivity contribution in [2.75, 3.05) is 26.4 Å². The number of hydrogen-bond donors (Lipinski definition) is 10. The monoisotopic (exact) mass is 1690 g/mol. The first-order valence-corrected chi connectivity index (χ1v) is 48.2. The molecule has 3 aliphatic rings. The third-order valence-corrected chi connectivity index (χ3v) is 23.6. The molecule has 10 N–H and O–H groups in total. The molecule has 3 rings (SSSR count). The van der Waals surface area contributed by atoms with Crippen LogP contribution in [0.1, 0.15) is 387 Å². The van der Waals surface area contributed by atoms with Gasteiger partial charge in [-0.15, -0.1) is 0 Å². The van der Waals surface area contributed by atoms with Crippen LogP contribution in [0.25, 0.3) is 0 Å². The first kappa shape index (κ1) is 108. The van der Waals surface area contributed by atoms with Crippen molar-refractivity contribution in [3.63, 3.8) is 0 Å². The van der Waals surface area contributed by atoms with Crippen LogP contribution < -0.4 is 0 Å². The number of unbranched alkanes of at least 4 members (excludes halogenated alkanes) is 45. The van der Waals surface area contributed by atoms with Crippen LogP contribution in [0.2, 0.25) is 0 Å². The predicted octanol–water partition coefficient (Wildman–Crippen LogP) is 17.1. The molecule has 2 saturated heterocycles. The van der Waals surface area contributed by atoms with Crippen molar-refractivity contribution >= 4 is 31.7 Å². The summed E-state index contributed by atoms with van der Waals surface area (Å²) in [4.78, 5) is 66.4. The molecule has 0 spiro atoms. The highest BCUT2D eigenvalue weighted by Gasteiger charge is 2.60. The second kappa shape index (κ2) is 70.0. The zero-order valence-corrected chi connectivity index (χ0v) is 73.6. The zero-order chi connectivity index (χ0) is 85.4. The lowest BCUT2D eigenvalue weighted by Crippen LogP contribution is -2.70. The quantitative estimate of drug-likeness (QED) is 0.00889. The third kappa shape index (κ3) is 50.3. The SMILES string of the molecule is CCCCCC/C=C\CCCCCCCCCC(=O)OCC1OC(OC2C(OC(=O)CCCCCCCCC/C=C\CCCCCC)C(O)C(O)C(OC3OC(CO)C(O)C(O)C3O)C2OP(=O)(O)OCC(COC(=O)CCCCCCCCCCCCCCC)OC(=O)CCCCCCCCC/C=C\CCCCCC)C(O)C(O)C1O. The second-order valence-electron chi connectivity index (χ2n) is 33.2. The van der Waals surface area contributed by atoms with Crippen LogP contribution in [-0.2, 0) is 70.7 Å². The van der Waals surface area contributed by atoms with E-state index < -0.39 is 162 Å². The van der Waals surface area contributed by atoms with E-state index in [0.717, 1.165) is 173 Å². The van der Waals surface area contributed by atoms with Crippen LogP contribution in [0.5, 0.6) is 0 Å². The van der Waals surface area contributed by atoms with E-state index >= 15 is 0 Å². The molecule has 0 aromatic heterocycles. The number of phosphoric acid groups is 1. The van der Waals surface area contributed by atoms with Gasteiger partial charge >= 0.3 is 31.7 Å². The molecule has 0 amide bonds. The van der Waals surface area contributed by atoms with Crippen molar-refractivity contribution < 1.29 is 122 Å². The molecule has 0 aromatic carbocycles. The van der Waals surface area contributed by atoms with Gasteiger partial charge in [-0.2, -0.15) is 0 Å². The van der Waals surface area contributed by atoms with Gasteiger partial charge in [0.2, 0.25) is 0 Å². The molecule has 18 unspecified atom stereocenters. The van der Waals surface area contributed by atoms with E-state index in [-0.39, 0.29) is 25.7 Å². The average molecular weight is 1690 g/mol. The number of aliphatic hydroxyl groups excluding tert-OH is 9. The standard InChI is InChI=1S/C91H165O25P/c1-5-9-13-17-21-25-29-33-36-40-44-48-52-56-60-64-75(94)108-70-73-79(98)81(100)85(104)91(112-73)115-88-86(113-77(96)66-62-58-54-50-46-42-38-35-31-27-23-19-15-11-7-3)82(101)83(102)87(114-90-84(103)80(99)78(97)72(67-92)111-90)89(88)116-117(105,106)109-69-71(68-107-74(93)63-59-55-51-47-43-39-32-28-24-20-16-12-8-4)110-76(95)65-61-57-53-49-45-41-37-34-30-26-22-18-14-10-6-2/h25-27,29-31,71-73,78-92,97-104H,5-24,28,32-70H2,1-4H3,(H,105,106)/b29-25-,30-26-,31-27-. The topological polar surface area (TPSA) is 380 Å². The van der Waals surface area contributed by atoms with Crippen LogP contribution in [0.15, 0.2) is 36.5 Å². The summed E-state index contributed by atoms with van der Waals surface area (Å²) in [6, 6.07) is 0. The molecule has 2 aliphatic heterocycles. The van der Waals surface area contributed by atoms with Crippen LogP contribution in [0, 0.1) is 0 Å². The molecule has 25 nitrogen and oxygen atoms in total. The Morgan fingerprint density at radius 1 is 0.333 bits per heavy atom. The Labute approximate surface area is 704 Å². The van der Waals surface area contributed by atoms with Gasteiger partial charge in [0.15, 0.2) is 24.8 Å². The number of allylic oxidation sites excluding steroid dienone is 6. The van der Waals surface area contributed by atoms with E-state index in [1.54, 1.807) is 0 Å². The lowest BCUT2D eigenvalue weighted by atomic mass is 9.84. The lowest BCUT2D eigenvalue weighted by Gasteiger charge is -2.50. The average Bonchev–Trinajstić information content (AvgIpc) is 0.754. The van der Waals surface area contributed by atoms with Gasteiger partial charge in [0.1, 0.15) is 92.6 Å². The summed E-state index contributed by atoms with van der Waals surface area (Å²) in [5.41, 5.74) is 0. The molecular weight excluding hydrogens is 1520 g/mol. The summed E-state index contributed by atoms with van der Waals surface area (Å²) >= 11 is 0. The highest BCUT2D eigenvalue weighted by atomic mass is 31.2. The maximum atomic E-state index is 14.9. The van der Waals surface area contributed by atoms with E-state index in [1.165, 1.54) is 122 Å². The van der Waals surface area contributed by atoms with E-state index in [4.69, 9.17) is 46.9 Å². The molecule has 26 heteroatoms. The Bertz CT molecular complexity index is 2580. The molecule has 0 radical (unpaired) electrons. The van der Waals surface area contributed by atoms with E-state index in [1.807, 2.05) is 0 Å². The fourth-order valence-corrected chi connectivity index (χ4v) is 16.1. The number of ether oxygens (including phenoxy) is 8. The first-order valence-electron chi connectivity index (χ1n) is 46.7. The van der Waals surface area contributed by atoms with Crippen LogP contribution in [-0.4, -0.2) is 205 Å². The van der Waals surface area contributed by atoms with Gasteiger partial charge in [0, 0.05) is 25.7 Å². The van der Waals surface area contributed by atoms with Crippen molar-refractivity contribution in [1.82, 2.24) is 0 Å². The van der Waals surface area contributed by atoms with Gasteiger partial charge in [-0.25, -0.2) is 4.57 Å². The Kier molecular flexibility index (Phi) is 64.6. The van der Waals surface area contributed by atoms with Gasteiger partial charge in [0.05, 0.1) is 13.2 Å². The van der Waals surface area contributed by atoms with Gasteiger partial charge in [-0.1, -0.05) is 295 Å². The summed E-state index contributed by atoms with van der Waals surface area (Å²) in [5.74, 6) is -2.98. The number of esters is 4. The number of carbonyl (C=O) groups is 4. The van der Waals surface area contributed by atoms with Crippen LogP contribution >= 0.6 is 7.82 Å². The Balaban J connectivity index is 1.92. The fraction of sp³-hybridized carbons (Fsp3) is 0.890. The summed E-state index contributed by atoms with van der Waals surface area (Å²) in [5, 5.41) is 102. The number of rotatable bonds is 75. The van der Waals surface area contributed by atoms with Crippen molar-refractivity contribution in [1.29, 1.82) is 0 Å². The highest BCUT2D eigenvalue weighted by Crippen LogP contribution is 2.49. The van der Waals surface area contributed by atoms with Gasteiger partial charge in [-0.3, -0.25) is 28.2 Å². The summed E-state index contributed by atoms with van der Waals surface area (Å²) in [6.45, 7) is 5.55. The Hall–Kier alpha value is -3.31. The third-order valence-electron chi connectivity index (χ3n) is 22.6. The molecule has 684 valence electrons. The van der Waals surface area contributed by atoms with Gasteiger partial charge in [-0.05, 0) is 103 Å². The molecule has 1 saturated carbocycles. The number of carbonyl (C=O) groups excluding carboxylic acids is 4. The first-order chi connectivity index (χ1) is 56.7. The smallest absolute Gasteiger partial charge is 0.463 e. The van der Waals surface area contributed by atoms with Gasteiger partial charge in [0.25, 0.3) is 0 Å². The number of aliphatic hydroxyl groups is 9. The Morgan fingerprint density at radius 2 is 0.641 bits per heavy atom. The van der Waals surface area contributed by atoms with Gasteiger partial charge < -0.3 is 88.7 Å². The van der Waals surface area contributed by atoms with E-state index in [0.29, 0.717) is 38.5 Å². The summed E-state index contributed by atoms with van der Waals surface area (Å²) < 4.78 is 73.4. The van der Waals surface area contributed by atoms with Crippen LogP contribution in [0.4, 0.5) is 0 Å². The van der Waals surface area contributed by atoms with Crippen molar-refractivity contribution in [3.05, 3.63) is 36.5 Å². The largest absolute Gasteiger partial charge is 0.472 e. The van der Waals surface area contributed by atoms with E-state index in [2.05, 4.69) is 64.2 Å². The van der Waals surface area contributed by atoms with E-state index in [9.17, 15) is 74.6 Å². The predicted molar refractivity (Wildman–Crippen MR) is 453 cm³/mol. The molecular formula is C91H165O25P. The minimum atomic E-state index is -5.81. The van der Waals surface area contributed by atoms with Crippen molar-refractivity contribution in [2.45, 2.75) is 491 Å². The minimum Gasteiger partial charge on any atom is -0.463 e. The number of phosphoric ester groups is 1. The Morgan fingerprint density at radius 3 is 1.03 bits per heavy atom. The maximum Gasteiger partial charge on any atom is 0.472 e. The van der Waals surface area contributed by atoms with Crippen LogP contribution in [0.3, 0.4) is 0 Å².